The zero-order valence-electron chi connectivity index (χ0n) is 12.8. The van der Waals surface area contributed by atoms with Crippen LogP contribution in [0.4, 0.5) is 0 Å². The van der Waals surface area contributed by atoms with Gasteiger partial charge in [0, 0.05) is 29.0 Å². The minimum absolute atomic E-state index is 0.200. The first kappa shape index (κ1) is 15.7. The summed E-state index contributed by atoms with van der Waals surface area (Å²) in [6.45, 7) is 5.08. The molecule has 1 aromatic carbocycles. The lowest BCUT2D eigenvalue weighted by atomic mass is 9.93. The Morgan fingerprint density at radius 3 is 2.95 bits per heavy atom. The Balaban J connectivity index is 1.55. The molecule has 21 heavy (non-hydrogen) atoms. The van der Waals surface area contributed by atoms with E-state index in [2.05, 4.69) is 48.3 Å². The topological polar surface area (TPSA) is 21.3 Å². The highest BCUT2D eigenvalue weighted by atomic mass is 32.2. The van der Waals surface area contributed by atoms with Crippen LogP contribution in [0, 0.1) is 0 Å². The van der Waals surface area contributed by atoms with E-state index in [9.17, 15) is 0 Å². The van der Waals surface area contributed by atoms with E-state index in [1.165, 1.54) is 41.2 Å². The molecule has 2 nitrogen and oxygen atoms in total. The number of nitrogens with one attached hydrogen (secondary N) is 1. The summed E-state index contributed by atoms with van der Waals surface area (Å²) in [5.74, 6) is 2.47. The van der Waals surface area contributed by atoms with E-state index in [4.69, 9.17) is 4.74 Å². The van der Waals surface area contributed by atoms with Crippen molar-refractivity contribution < 1.29 is 4.74 Å². The van der Waals surface area contributed by atoms with Gasteiger partial charge < -0.3 is 10.1 Å². The summed E-state index contributed by atoms with van der Waals surface area (Å²) in [7, 11) is 0. The molecule has 0 aromatic heterocycles. The molecule has 2 fully saturated rings. The predicted molar refractivity (Wildman–Crippen MR) is 93.3 cm³/mol. The molecule has 1 N–H and O–H groups in total. The Morgan fingerprint density at radius 2 is 2.24 bits per heavy atom. The summed E-state index contributed by atoms with van der Waals surface area (Å²) < 4.78 is 6.12. The van der Waals surface area contributed by atoms with Crippen LogP contribution in [0.25, 0.3) is 0 Å². The van der Waals surface area contributed by atoms with Gasteiger partial charge in [0.15, 0.2) is 0 Å². The van der Waals surface area contributed by atoms with E-state index in [-0.39, 0.29) is 5.60 Å². The summed E-state index contributed by atoms with van der Waals surface area (Å²) in [6.07, 6.45) is 3.66. The first-order valence-corrected chi connectivity index (χ1v) is 10.0. The molecule has 2 unspecified atom stereocenters. The van der Waals surface area contributed by atoms with Gasteiger partial charge in [-0.3, -0.25) is 0 Å². The second kappa shape index (κ2) is 7.40. The molecule has 2 saturated heterocycles. The second-order valence-electron chi connectivity index (χ2n) is 5.99. The number of hydrogen-bond donors (Lipinski definition) is 1. The van der Waals surface area contributed by atoms with Gasteiger partial charge in [-0.1, -0.05) is 19.1 Å². The number of ether oxygens (including phenoxy) is 1. The molecule has 0 bridgehead atoms. The Hall–Kier alpha value is -0.160. The van der Waals surface area contributed by atoms with Crippen molar-refractivity contribution in [2.24, 2.45) is 0 Å². The highest BCUT2D eigenvalue weighted by Crippen LogP contribution is 2.43. The molecule has 0 saturated carbocycles. The molecular formula is C17H25NOS2. The van der Waals surface area contributed by atoms with Gasteiger partial charge in [-0.25, -0.2) is 0 Å². The molecule has 0 aliphatic carbocycles. The van der Waals surface area contributed by atoms with Crippen molar-refractivity contribution in [3.8, 4) is 0 Å². The molecule has 0 radical (unpaired) electrons. The van der Waals surface area contributed by atoms with E-state index in [1.54, 1.807) is 0 Å². The van der Waals surface area contributed by atoms with Crippen LogP contribution in [-0.4, -0.2) is 35.5 Å². The molecule has 2 atom stereocenters. The summed E-state index contributed by atoms with van der Waals surface area (Å²) in [4.78, 5) is 1.41. The molecule has 1 spiro atoms. The average molecular weight is 324 g/mol. The Bertz CT molecular complexity index is 443. The van der Waals surface area contributed by atoms with E-state index in [1.807, 2.05) is 11.8 Å². The molecule has 2 aliphatic rings. The van der Waals surface area contributed by atoms with Gasteiger partial charge in [-0.2, -0.15) is 11.8 Å². The second-order valence-corrected chi connectivity index (χ2v) is 8.47. The van der Waals surface area contributed by atoms with Gasteiger partial charge in [-0.15, -0.1) is 11.8 Å². The fourth-order valence-electron chi connectivity index (χ4n) is 3.09. The van der Waals surface area contributed by atoms with E-state index < -0.39 is 0 Å². The third kappa shape index (κ3) is 4.19. The molecule has 2 aliphatic heterocycles. The normalized spacial score (nSPS) is 29.1. The third-order valence-corrected chi connectivity index (χ3v) is 6.82. The fraction of sp³-hybridized carbons (Fsp3) is 0.647. The summed E-state index contributed by atoms with van der Waals surface area (Å²) in [5, 5.41) is 4.09. The zero-order chi connectivity index (χ0) is 14.5. The van der Waals surface area contributed by atoms with E-state index >= 15 is 0 Å². The van der Waals surface area contributed by atoms with E-state index in [0.29, 0.717) is 0 Å². The lowest BCUT2D eigenvalue weighted by molar-refractivity contribution is -0.0562. The number of hydrogen-bond acceptors (Lipinski definition) is 4. The fourth-order valence-corrected chi connectivity index (χ4v) is 5.75. The summed E-state index contributed by atoms with van der Waals surface area (Å²) in [5.41, 5.74) is 1.57. The van der Waals surface area contributed by atoms with Crippen LogP contribution < -0.4 is 5.32 Å². The van der Waals surface area contributed by atoms with Crippen LogP contribution in [0.5, 0.6) is 0 Å². The minimum Gasteiger partial charge on any atom is -0.374 e. The highest BCUT2D eigenvalue weighted by Gasteiger charge is 2.40. The van der Waals surface area contributed by atoms with Crippen molar-refractivity contribution in [2.45, 2.75) is 48.5 Å². The number of rotatable bonds is 5. The van der Waals surface area contributed by atoms with Crippen LogP contribution in [0.2, 0.25) is 0 Å². The van der Waals surface area contributed by atoms with E-state index in [0.717, 1.165) is 24.9 Å². The molecule has 4 heteroatoms. The zero-order valence-corrected chi connectivity index (χ0v) is 14.4. The Kier molecular flexibility index (Phi) is 5.54. The van der Waals surface area contributed by atoms with Crippen LogP contribution in [0.1, 0.15) is 31.7 Å². The Morgan fingerprint density at radius 1 is 1.38 bits per heavy atom. The quantitative estimate of drug-likeness (QED) is 0.885. The number of thioether (sulfide) groups is 2. The van der Waals surface area contributed by atoms with Gasteiger partial charge >= 0.3 is 0 Å². The molecule has 3 rings (SSSR count). The van der Waals surface area contributed by atoms with Crippen molar-refractivity contribution in [1.82, 2.24) is 5.32 Å². The monoisotopic (exact) mass is 323 g/mol. The maximum atomic E-state index is 6.12. The van der Waals surface area contributed by atoms with Gasteiger partial charge in [0.25, 0.3) is 0 Å². The van der Waals surface area contributed by atoms with Gasteiger partial charge in [0.1, 0.15) is 0 Å². The summed E-state index contributed by atoms with van der Waals surface area (Å²) in [6, 6.07) is 9.07. The van der Waals surface area contributed by atoms with Crippen molar-refractivity contribution >= 4 is 23.5 Å². The predicted octanol–water partition coefficient (Wildman–Crippen LogP) is 3.94. The summed E-state index contributed by atoms with van der Waals surface area (Å²) >= 11 is 4.10. The van der Waals surface area contributed by atoms with Crippen molar-refractivity contribution in [3.05, 3.63) is 29.8 Å². The number of benzene rings is 1. The van der Waals surface area contributed by atoms with Gasteiger partial charge in [0.2, 0.25) is 0 Å². The molecule has 1 aromatic rings. The molecule has 2 heterocycles. The minimum atomic E-state index is 0.200. The largest absolute Gasteiger partial charge is 0.374 e. The standard InChI is InChI=1S/C17H25NOS2/c1-2-18-12-14-3-5-15(6-4-14)21-16-7-9-19-17(11-16)8-10-20-13-17/h3-6,16,18H,2,7-13H2,1H3. The van der Waals surface area contributed by atoms with Gasteiger partial charge in [-0.05, 0) is 49.3 Å². The van der Waals surface area contributed by atoms with Crippen molar-refractivity contribution in [2.75, 3.05) is 24.7 Å². The van der Waals surface area contributed by atoms with Crippen LogP contribution in [0.3, 0.4) is 0 Å². The highest BCUT2D eigenvalue weighted by molar-refractivity contribution is 8.00. The third-order valence-electron chi connectivity index (χ3n) is 4.32. The Labute approximate surface area is 136 Å². The lowest BCUT2D eigenvalue weighted by Crippen LogP contribution is -2.40. The maximum absolute atomic E-state index is 6.12. The smallest absolute Gasteiger partial charge is 0.0791 e. The van der Waals surface area contributed by atoms with Crippen molar-refractivity contribution in [3.63, 3.8) is 0 Å². The van der Waals surface area contributed by atoms with Crippen LogP contribution in [-0.2, 0) is 11.3 Å². The van der Waals surface area contributed by atoms with Crippen LogP contribution >= 0.6 is 23.5 Å². The SMILES string of the molecule is CCNCc1ccc(SC2CCOC3(CCSC3)C2)cc1. The van der Waals surface area contributed by atoms with Crippen LogP contribution in [0.15, 0.2) is 29.2 Å². The lowest BCUT2D eigenvalue weighted by Gasteiger charge is -2.37. The first-order valence-electron chi connectivity index (χ1n) is 7.98. The molecule has 116 valence electrons. The molecular weight excluding hydrogens is 298 g/mol. The van der Waals surface area contributed by atoms with Gasteiger partial charge in [0.05, 0.1) is 5.60 Å². The van der Waals surface area contributed by atoms with Crippen molar-refractivity contribution in [1.29, 1.82) is 0 Å². The molecule has 0 amide bonds. The first-order chi connectivity index (χ1) is 10.3. The average Bonchev–Trinajstić information content (AvgIpc) is 2.94. The maximum Gasteiger partial charge on any atom is 0.0791 e.